The highest BCUT2D eigenvalue weighted by atomic mass is 32.2. The molecule has 2 aliphatic rings. The Hall–Kier alpha value is -2.16. The Kier molecular flexibility index (Phi) is 4.44. The van der Waals surface area contributed by atoms with Gasteiger partial charge in [-0.05, 0) is 30.2 Å². The van der Waals surface area contributed by atoms with Crippen LogP contribution in [0.25, 0.3) is 0 Å². The van der Waals surface area contributed by atoms with E-state index in [0.29, 0.717) is 5.75 Å². The minimum absolute atomic E-state index is 0.0203. The van der Waals surface area contributed by atoms with E-state index < -0.39 is 34.7 Å². The molecule has 8 heteroatoms. The highest BCUT2D eigenvalue weighted by molar-refractivity contribution is 7.93. The number of carbonyl (C=O) groups is 1. The van der Waals surface area contributed by atoms with Crippen LogP contribution in [0.15, 0.2) is 47.4 Å². The highest BCUT2D eigenvalue weighted by Gasteiger charge is 2.33. The van der Waals surface area contributed by atoms with E-state index in [2.05, 4.69) is 0 Å². The molecule has 0 saturated heterocycles. The SMILES string of the molecule is O=C(O)C(CO)NS(=O)(=O)C1=CC2Oc3ccccc3CC2C=C1. The molecule has 0 bridgehead atoms. The number of rotatable bonds is 5. The van der Waals surface area contributed by atoms with Crippen molar-refractivity contribution in [3.05, 3.63) is 53.0 Å². The number of aliphatic carboxylic acids is 1. The summed E-state index contributed by atoms with van der Waals surface area (Å²) in [7, 11) is -4.06. The predicted molar refractivity (Wildman–Crippen MR) is 85.8 cm³/mol. The number of nitrogens with one attached hydrogen (secondary N) is 1. The summed E-state index contributed by atoms with van der Waals surface area (Å²) < 4.78 is 32.5. The molecule has 0 radical (unpaired) electrons. The molecule has 1 heterocycles. The number of benzene rings is 1. The second-order valence-electron chi connectivity index (χ2n) is 5.68. The molecule has 1 aliphatic heterocycles. The van der Waals surface area contributed by atoms with Crippen molar-refractivity contribution >= 4 is 16.0 Å². The van der Waals surface area contributed by atoms with Crippen molar-refractivity contribution in [2.24, 2.45) is 5.92 Å². The highest BCUT2D eigenvalue weighted by Crippen LogP contribution is 2.35. The van der Waals surface area contributed by atoms with Gasteiger partial charge in [0.25, 0.3) is 0 Å². The summed E-state index contributed by atoms with van der Waals surface area (Å²) in [6, 6.07) is 5.98. The molecule has 1 aromatic rings. The summed E-state index contributed by atoms with van der Waals surface area (Å²) in [4.78, 5) is 10.8. The third kappa shape index (κ3) is 3.21. The van der Waals surface area contributed by atoms with E-state index >= 15 is 0 Å². The second-order valence-corrected chi connectivity index (χ2v) is 7.39. The number of fused-ring (bicyclic) bond motifs is 2. The molecule has 0 aromatic heterocycles. The van der Waals surface area contributed by atoms with Gasteiger partial charge in [0, 0.05) is 5.92 Å². The molecule has 0 spiro atoms. The van der Waals surface area contributed by atoms with Crippen molar-refractivity contribution in [1.82, 2.24) is 4.72 Å². The van der Waals surface area contributed by atoms with E-state index in [1.807, 2.05) is 29.0 Å². The molecule has 0 fully saturated rings. The number of allylic oxidation sites excluding steroid dienone is 1. The van der Waals surface area contributed by atoms with Gasteiger partial charge in [0.05, 0.1) is 11.5 Å². The van der Waals surface area contributed by atoms with Crippen LogP contribution in [0.3, 0.4) is 0 Å². The second kappa shape index (κ2) is 6.39. The fourth-order valence-electron chi connectivity index (χ4n) is 2.76. The third-order valence-electron chi connectivity index (χ3n) is 4.04. The Bertz CT molecular complexity index is 814. The van der Waals surface area contributed by atoms with E-state index in [-0.39, 0.29) is 10.8 Å². The topological polar surface area (TPSA) is 113 Å². The fourth-order valence-corrected chi connectivity index (χ4v) is 4.02. The molecule has 128 valence electrons. The first kappa shape index (κ1) is 16.7. The van der Waals surface area contributed by atoms with E-state index in [1.165, 1.54) is 12.2 Å². The summed E-state index contributed by atoms with van der Waals surface area (Å²) in [6.07, 6.45) is 4.97. The van der Waals surface area contributed by atoms with Crippen molar-refractivity contribution in [3.63, 3.8) is 0 Å². The zero-order valence-electron chi connectivity index (χ0n) is 12.6. The standard InChI is InChI=1S/C16H17NO6S/c18-9-13(16(19)20)17-24(21,22)12-6-5-11-7-10-3-1-2-4-14(10)23-15(11)8-12/h1-6,8,11,13,15,17-18H,7,9H2,(H,19,20). The Morgan fingerprint density at radius 1 is 1.38 bits per heavy atom. The maximum atomic E-state index is 12.3. The molecule has 0 amide bonds. The molecule has 1 aliphatic carbocycles. The smallest absolute Gasteiger partial charge is 0.324 e. The molecule has 1 aromatic carbocycles. The average Bonchev–Trinajstić information content (AvgIpc) is 2.57. The quantitative estimate of drug-likeness (QED) is 0.709. The number of aliphatic hydroxyl groups is 1. The van der Waals surface area contributed by atoms with Crippen LogP contribution in [-0.2, 0) is 21.2 Å². The van der Waals surface area contributed by atoms with Crippen LogP contribution in [0.4, 0.5) is 0 Å². The Labute approximate surface area is 139 Å². The van der Waals surface area contributed by atoms with Gasteiger partial charge in [-0.2, -0.15) is 4.72 Å². The lowest BCUT2D eigenvalue weighted by molar-refractivity contribution is -0.139. The fraction of sp³-hybridized carbons (Fsp3) is 0.312. The predicted octanol–water partition coefficient (Wildman–Crippen LogP) is 0.425. The van der Waals surface area contributed by atoms with E-state index in [9.17, 15) is 13.2 Å². The number of sulfonamides is 1. The number of hydrogen-bond donors (Lipinski definition) is 3. The van der Waals surface area contributed by atoms with Gasteiger partial charge in [-0.15, -0.1) is 0 Å². The van der Waals surface area contributed by atoms with E-state index in [4.69, 9.17) is 14.9 Å². The lowest BCUT2D eigenvalue weighted by Gasteiger charge is -2.32. The van der Waals surface area contributed by atoms with Crippen LogP contribution >= 0.6 is 0 Å². The van der Waals surface area contributed by atoms with Gasteiger partial charge in [-0.1, -0.05) is 24.3 Å². The van der Waals surface area contributed by atoms with E-state index in [1.54, 1.807) is 6.08 Å². The summed E-state index contributed by atoms with van der Waals surface area (Å²) in [5.74, 6) is -0.706. The first-order valence-electron chi connectivity index (χ1n) is 7.41. The first-order valence-corrected chi connectivity index (χ1v) is 8.89. The number of para-hydroxylation sites is 1. The number of ether oxygens (including phenoxy) is 1. The van der Waals surface area contributed by atoms with Gasteiger partial charge in [-0.3, -0.25) is 4.79 Å². The largest absolute Gasteiger partial charge is 0.485 e. The normalized spacial score (nSPS) is 23.5. The molecular weight excluding hydrogens is 334 g/mol. The molecule has 3 unspecified atom stereocenters. The molecule has 3 atom stereocenters. The lowest BCUT2D eigenvalue weighted by atomic mass is 9.88. The Balaban J connectivity index is 1.83. The molecule has 0 saturated carbocycles. The average molecular weight is 351 g/mol. The van der Waals surface area contributed by atoms with Crippen LogP contribution < -0.4 is 9.46 Å². The Morgan fingerprint density at radius 3 is 2.83 bits per heavy atom. The number of carboxylic acids is 1. The van der Waals surface area contributed by atoms with Gasteiger partial charge < -0.3 is 14.9 Å². The summed E-state index contributed by atoms with van der Waals surface area (Å²) in [5, 5.41) is 17.9. The number of hydrogen-bond acceptors (Lipinski definition) is 5. The van der Waals surface area contributed by atoms with Gasteiger partial charge in [0.1, 0.15) is 17.9 Å². The van der Waals surface area contributed by atoms with Crippen molar-refractivity contribution in [3.8, 4) is 5.75 Å². The van der Waals surface area contributed by atoms with E-state index in [0.717, 1.165) is 12.0 Å². The van der Waals surface area contributed by atoms with Gasteiger partial charge >= 0.3 is 5.97 Å². The van der Waals surface area contributed by atoms with Crippen molar-refractivity contribution in [1.29, 1.82) is 0 Å². The maximum absolute atomic E-state index is 12.3. The third-order valence-corrected chi connectivity index (χ3v) is 5.53. The van der Waals surface area contributed by atoms with Crippen LogP contribution in [0.5, 0.6) is 5.75 Å². The molecule has 24 heavy (non-hydrogen) atoms. The number of aliphatic hydroxyl groups excluding tert-OH is 1. The molecular formula is C16H17NO6S. The van der Waals surface area contributed by atoms with Gasteiger partial charge in [0.2, 0.25) is 10.0 Å². The first-order chi connectivity index (χ1) is 11.4. The zero-order chi connectivity index (χ0) is 17.3. The van der Waals surface area contributed by atoms with Crippen LogP contribution in [0.2, 0.25) is 0 Å². The zero-order valence-corrected chi connectivity index (χ0v) is 13.4. The summed E-state index contributed by atoms with van der Waals surface area (Å²) in [5.41, 5.74) is 1.06. The van der Waals surface area contributed by atoms with Crippen molar-refractivity contribution in [2.75, 3.05) is 6.61 Å². The maximum Gasteiger partial charge on any atom is 0.324 e. The van der Waals surface area contributed by atoms with Crippen LogP contribution in [-0.4, -0.2) is 43.4 Å². The van der Waals surface area contributed by atoms with Gasteiger partial charge in [0.15, 0.2) is 0 Å². The van der Waals surface area contributed by atoms with Crippen molar-refractivity contribution in [2.45, 2.75) is 18.6 Å². The van der Waals surface area contributed by atoms with Crippen LogP contribution in [0, 0.1) is 5.92 Å². The van der Waals surface area contributed by atoms with Gasteiger partial charge in [-0.25, -0.2) is 8.42 Å². The molecule has 3 rings (SSSR count). The van der Waals surface area contributed by atoms with Crippen LogP contribution in [0.1, 0.15) is 5.56 Å². The number of carboxylic acid groups (broad SMARTS) is 1. The Morgan fingerprint density at radius 2 is 2.12 bits per heavy atom. The minimum Gasteiger partial charge on any atom is -0.485 e. The summed E-state index contributed by atoms with van der Waals surface area (Å²) in [6.45, 7) is -0.832. The summed E-state index contributed by atoms with van der Waals surface area (Å²) >= 11 is 0. The lowest BCUT2D eigenvalue weighted by Crippen LogP contribution is -2.44. The molecule has 7 nitrogen and oxygen atoms in total. The molecule has 3 N–H and O–H groups in total. The minimum atomic E-state index is -4.06. The monoisotopic (exact) mass is 351 g/mol. The van der Waals surface area contributed by atoms with Crippen molar-refractivity contribution < 1.29 is 28.2 Å².